The summed E-state index contributed by atoms with van der Waals surface area (Å²) in [5, 5.41) is 9.26. The fourth-order valence-electron chi connectivity index (χ4n) is 3.52. The van der Waals surface area contributed by atoms with E-state index in [4.69, 9.17) is 0 Å². The molecule has 23 heavy (non-hydrogen) atoms. The molecule has 1 saturated heterocycles. The standard InChI is InChI=1S/C18H24N2O3/c1-12(2)19-9-10-20(18(19)23)16-6-4-3-5-14(16)15(11-17(21)22)13-7-8-13/h3-6,12-13,15H,7-11H2,1-2H3,(H,21,22). The molecule has 1 aromatic carbocycles. The number of rotatable bonds is 6. The van der Waals surface area contributed by atoms with E-state index in [1.165, 1.54) is 0 Å². The van der Waals surface area contributed by atoms with E-state index in [2.05, 4.69) is 0 Å². The lowest BCUT2D eigenvalue weighted by atomic mass is 9.89. The Hall–Kier alpha value is -2.04. The van der Waals surface area contributed by atoms with Crippen molar-refractivity contribution in [3.8, 4) is 0 Å². The molecular formula is C18H24N2O3. The maximum absolute atomic E-state index is 12.7. The molecule has 0 aromatic heterocycles. The lowest BCUT2D eigenvalue weighted by Gasteiger charge is -2.26. The van der Waals surface area contributed by atoms with E-state index in [0.29, 0.717) is 12.5 Å². The Bertz CT molecular complexity index is 610. The summed E-state index contributed by atoms with van der Waals surface area (Å²) >= 11 is 0. The fourth-order valence-corrected chi connectivity index (χ4v) is 3.52. The number of amides is 2. The van der Waals surface area contributed by atoms with Crippen LogP contribution in [0, 0.1) is 5.92 Å². The fraction of sp³-hybridized carbons (Fsp3) is 0.556. The second-order valence-corrected chi connectivity index (χ2v) is 6.82. The number of hydrogen-bond donors (Lipinski definition) is 1. The first-order valence-corrected chi connectivity index (χ1v) is 8.38. The number of hydrogen-bond acceptors (Lipinski definition) is 2. The number of nitrogens with zero attached hydrogens (tertiary/aromatic N) is 2. The Morgan fingerprint density at radius 2 is 1.96 bits per heavy atom. The van der Waals surface area contributed by atoms with Gasteiger partial charge in [0.25, 0.3) is 0 Å². The van der Waals surface area contributed by atoms with Gasteiger partial charge in [0.05, 0.1) is 6.42 Å². The largest absolute Gasteiger partial charge is 0.481 e. The summed E-state index contributed by atoms with van der Waals surface area (Å²) in [4.78, 5) is 27.6. The van der Waals surface area contributed by atoms with Crippen molar-refractivity contribution in [1.29, 1.82) is 0 Å². The Labute approximate surface area is 136 Å². The minimum absolute atomic E-state index is 0.00426. The average molecular weight is 316 g/mol. The topological polar surface area (TPSA) is 60.9 Å². The van der Waals surface area contributed by atoms with Crippen LogP contribution in [0.1, 0.15) is 44.6 Å². The van der Waals surface area contributed by atoms with E-state index < -0.39 is 5.97 Å². The predicted molar refractivity (Wildman–Crippen MR) is 88.7 cm³/mol. The lowest BCUT2D eigenvalue weighted by Crippen LogP contribution is -2.36. The summed E-state index contributed by atoms with van der Waals surface area (Å²) in [6.07, 6.45) is 2.30. The number of carboxylic acid groups (broad SMARTS) is 1. The van der Waals surface area contributed by atoms with Gasteiger partial charge in [-0.15, -0.1) is 0 Å². The van der Waals surface area contributed by atoms with Crippen LogP contribution in [0.3, 0.4) is 0 Å². The lowest BCUT2D eigenvalue weighted by molar-refractivity contribution is -0.137. The number of para-hydroxylation sites is 1. The third-order valence-electron chi connectivity index (χ3n) is 4.88. The number of carboxylic acids is 1. The smallest absolute Gasteiger partial charge is 0.324 e. The van der Waals surface area contributed by atoms with Gasteiger partial charge in [0.1, 0.15) is 0 Å². The van der Waals surface area contributed by atoms with Gasteiger partial charge in [-0.1, -0.05) is 18.2 Å². The van der Waals surface area contributed by atoms with Crippen LogP contribution in [0.25, 0.3) is 0 Å². The maximum atomic E-state index is 12.7. The monoisotopic (exact) mass is 316 g/mol. The molecule has 0 bridgehead atoms. The number of aliphatic carboxylic acids is 1. The normalized spacial score (nSPS) is 19.5. The van der Waals surface area contributed by atoms with Gasteiger partial charge in [-0.25, -0.2) is 4.79 Å². The molecule has 1 atom stereocenters. The molecule has 2 fully saturated rings. The second kappa shape index (κ2) is 6.22. The van der Waals surface area contributed by atoms with E-state index in [0.717, 1.165) is 30.6 Å². The van der Waals surface area contributed by atoms with Crippen LogP contribution in [0.5, 0.6) is 0 Å². The summed E-state index contributed by atoms with van der Waals surface area (Å²) in [6.45, 7) is 5.42. The van der Waals surface area contributed by atoms with E-state index >= 15 is 0 Å². The summed E-state index contributed by atoms with van der Waals surface area (Å²) in [5.41, 5.74) is 1.90. The molecular weight excluding hydrogens is 292 g/mol. The van der Waals surface area contributed by atoms with Crippen molar-refractivity contribution in [1.82, 2.24) is 4.90 Å². The number of carbonyl (C=O) groups is 2. The van der Waals surface area contributed by atoms with Gasteiger partial charge < -0.3 is 10.0 Å². The maximum Gasteiger partial charge on any atom is 0.324 e. The predicted octanol–water partition coefficient (Wildman–Crippen LogP) is 3.31. The van der Waals surface area contributed by atoms with Crippen LogP contribution in [0.15, 0.2) is 24.3 Å². The molecule has 1 aromatic rings. The first kappa shape index (κ1) is 15.8. The molecule has 2 aliphatic rings. The van der Waals surface area contributed by atoms with Crippen molar-refractivity contribution in [2.24, 2.45) is 5.92 Å². The number of carbonyl (C=O) groups excluding carboxylic acids is 1. The van der Waals surface area contributed by atoms with Crippen molar-refractivity contribution < 1.29 is 14.7 Å². The van der Waals surface area contributed by atoms with Gasteiger partial charge in [0.2, 0.25) is 0 Å². The van der Waals surface area contributed by atoms with Gasteiger partial charge >= 0.3 is 12.0 Å². The Balaban J connectivity index is 1.92. The van der Waals surface area contributed by atoms with Gasteiger partial charge in [-0.2, -0.15) is 0 Å². The highest BCUT2D eigenvalue weighted by atomic mass is 16.4. The summed E-state index contributed by atoms with van der Waals surface area (Å²) in [7, 11) is 0. The van der Waals surface area contributed by atoms with Crippen molar-refractivity contribution >= 4 is 17.7 Å². The molecule has 5 heteroatoms. The Kier molecular flexibility index (Phi) is 4.28. The first-order valence-electron chi connectivity index (χ1n) is 8.38. The van der Waals surface area contributed by atoms with Crippen LogP contribution in [0.2, 0.25) is 0 Å². The molecule has 1 unspecified atom stereocenters. The molecule has 2 amide bonds. The summed E-state index contributed by atoms with van der Waals surface area (Å²) < 4.78 is 0. The zero-order chi connectivity index (χ0) is 16.6. The minimum Gasteiger partial charge on any atom is -0.481 e. The molecule has 1 saturated carbocycles. The molecule has 1 N–H and O–H groups in total. The molecule has 5 nitrogen and oxygen atoms in total. The van der Waals surface area contributed by atoms with Gasteiger partial charge in [0, 0.05) is 24.8 Å². The second-order valence-electron chi connectivity index (χ2n) is 6.82. The molecule has 124 valence electrons. The third kappa shape index (κ3) is 3.19. The molecule has 1 aliphatic heterocycles. The van der Waals surface area contributed by atoms with Crippen molar-refractivity contribution in [3.63, 3.8) is 0 Å². The van der Waals surface area contributed by atoms with Gasteiger partial charge in [-0.05, 0) is 50.2 Å². The van der Waals surface area contributed by atoms with Crippen LogP contribution in [0.4, 0.5) is 10.5 Å². The average Bonchev–Trinajstić information content (AvgIpc) is 3.27. The minimum atomic E-state index is -0.770. The quantitative estimate of drug-likeness (QED) is 0.876. The van der Waals surface area contributed by atoms with Gasteiger partial charge in [0.15, 0.2) is 0 Å². The first-order chi connectivity index (χ1) is 11.0. The number of anilines is 1. The van der Waals surface area contributed by atoms with E-state index in [9.17, 15) is 14.7 Å². The van der Waals surface area contributed by atoms with Crippen LogP contribution in [-0.2, 0) is 4.79 Å². The number of urea groups is 1. The zero-order valence-corrected chi connectivity index (χ0v) is 13.7. The highest BCUT2D eigenvalue weighted by Crippen LogP contribution is 2.47. The van der Waals surface area contributed by atoms with Crippen molar-refractivity contribution in [2.75, 3.05) is 18.0 Å². The number of benzene rings is 1. The molecule has 0 radical (unpaired) electrons. The van der Waals surface area contributed by atoms with Crippen molar-refractivity contribution in [3.05, 3.63) is 29.8 Å². The SMILES string of the molecule is CC(C)N1CCN(c2ccccc2C(CC(=O)O)C2CC2)C1=O. The van der Waals surface area contributed by atoms with Crippen LogP contribution >= 0.6 is 0 Å². The highest BCUT2D eigenvalue weighted by Gasteiger charge is 2.38. The third-order valence-corrected chi connectivity index (χ3v) is 4.88. The summed E-state index contributed by atoms with van der Waals surface area (Å²) in [6, 6.07) is 8.02. The Morgan fingerprint density at radius 1 is 1.26 bits per heavy atom. The van der Waals surface area contributed by atoms with Crippen molar-refractivity contribution in [2.45, 2.75) is 45.1 Å². The molecule has 1 heterocycles. The summed E-state index contributed by atoms with van der Waals surface area (Å²) in [5.74, 6) is -0.330. The zero-order valence-electron chi connectivity index (χ0n) is 13.7. The Morgan fingerprint density at radius 3 is 2.52 bits per heavy atom. The molecule has 0 spiro atoms. The molecule has 1 aliphatic carbocycles. The van der Waals surface area contributed by atoms with E-state index in [1.807, 2.05) is 47.9 Å². The van der Waals surface area contributed by atoms with E-state index in [1.54, 1.807) is 0 Å². The highest BCUT2D eigenvalue weighted by molar-refractivity contribution is 5.95. The van der Waals surface area contributed by atoms with Gasteiger partial charge in [-0.3, -0.25) is 9.69 Å². The van der Waals surface area contributed by atoms with Crippen LogP contribution in [-0.4, -0.2) is 41.1 Å². The molecule has 3 rings (SSSR count). The van der Waals surface area contributed by atoms with Crippen LogP contribution < -0.4 is 4.90 Å². The van der Waals surface area contributed by atoms with E-state index in [-0.39, 0.29) is 24.4 Å².